The summed E-state index contributed by atoms with van der Waals surface area (Å²) in [6.07, 6.45) is 2.52. The van der Waals surface area contributed by atoms with Gasteiger partial charge >= 0.3 is 0 Å². The number of hydrogen-bond donors (Lipinski definition) is 1. The van der Waals surface area contributed by atoms with Crippen LogP contribution in [0.15, 0.2) is 47.9 Å². The Morgan fingerprint density at radius 1 is 1.12 bits per heavy atom. The molecule has 1 heterocycles. The van der Waals surface area contributed by atoms with Crippen LogP contribution in [0.5, 0.6) is 0 Å². The van der Waals surface area contributed by atoms with E-state index < -0.39 is 11.7 Å². The van der Waals surface area contributed by atoms with Gasteiger partial charge in [-0.05, 0) is 30.3 Å². The fraction of sp³-hybridized carbons (Fsp3) is 0. The number of amides is 1. The summed E-state index contributed by atoms with van der Waals surface area (Å²) in [5.41, 5.74) is 1.59. The van der Waals surface area contributed by atoms with Gasteiger partial charge in [-0.1, -0.05) is 46.9 Å². The first-order valence-corrected chi connectivity index (χ1v) is 9.29. The Morgan fingerprint density at radius 3 is 2.65 bits per heavy atom. The van der Waals surface area contributed by atoms with Crippen LogP contribution >= 0.6 is 46.1 Å². The van der Waals surface area contributed by atoms with Gasteiger partial charge in [0.15, 0.2) is 5.13 Å². The highest BCUT2D eigenvalue weighted by molar-refractivity contribution is 7.14. The van der Waals surface area contributed by atoms with Crippen molar-refractivity contribution < 1.29 is 9.18 Å². The minimum Gasteiger partial charge on any atom is -0.298 e. The Hall–Kier alpha value is -1.92. The van der Waals surface area contributed by atoms with Crippen molar-refractivity contribution in [1.29, 1.82) is 0 Å². The highest BCUT2D eigenvalue weighted by Crippen LogP contribution is 2.30. The van der Waals surface area contributed by atoms with Gasteiger partial charge in [0.05, 0.1) is 20.8 Å². The molecule has 0 atom stereocenters. The molecule has 0 saturated heterocycles. The van der Waals surface area contributed by atoms with Gasteiger partial charge in [0.1, 0.15) is 5.82 Å². The molecule has 0 bridgehead atoms. The van der Waals surface area contributed by atoms with Gasteiger partial charge in [-0.25, -0.2) is 9.37 Å². The number of rotatable bonds is 4. The van der Waals surface area contributed by atoms with Crippen molar-refractivity contribution in [3.05, 3.63) is 74.3 Å². The molecule has 0 saturated carbocycles. The lowest BCUT2D eigenvalue weighted by Gasteiger charge is -2.00. The number of hydrogen-bond acceptors (Lipinski definition) is 3. The first-order chi connectivity index (χ1) is 12.4. The summed E-state index contributed by atoms with van der Waals surface area (Å²) in [6, 6.07) is 9.48. The summed E-state index contributed by atoms with van der Waals surface area (Å²) in [5, 5.41) is 5.92. The molecule has 132 valence electrons. The van der Waals surface area contributed by atoms with E-state index in [4.69, 9.17) is 34.8 Å². The number of nitrogens with zero attached hydrogens (tertiary/aromatic N) is 1. The molecular weight excluding hydrogens is 418 g/mol. The van der Waals surface area contributed by atoms with Gasteiger partial charge in [-0.15, -0.1) is 11.3 Å². The Bertz CT molecular complexity index is 984. The predicted octanol–water partition coefficient (Wildman–Crippen LogP) is 6.56. The molecule has 2 aromatic carbocycles. The molecule has 1 N–H and O–H groups in total. The molecule has 3 nitrogen and oxygen atoms in total. The third-order valence-corrected chi connectivity index (χ3v) is 5.18. The number of benzene rings is 2. The number of carbonyl (C=O) groups is 1. The average Bonchev–Trinajstić information content (AvgIpc) is 3.05. The van der Waals surface area contributed by atoms with Crippen LogP contribution in [0.25, 0.3) is 17.3 Å². The van der Waals surface area contributed by atoms with Crippen LogP contribution in [0.4, 0.5) is 9.52 Å². The highest BCUT2D eigenvalue weighted by atomic mass is 35.5. The molecule has 8 heteroatoms. The molecule has 3 aromatic rings. The van der Waals surface area contributed by atoms with Crippen LogP contribution in [-0.2, 0) is 4.79 Å². The molecule has 1 amide bonds. The number of carbonyl (C=O) groups excluding carboxylic acids is 1. The summed E-state index contributed by atoms with van der Waals surface area (Å²) >= 11 is 19.1. The number of thiazole rings is 1. The summed E-state index contributed by atoms with van der Waals surface area (Å²) < 4.78 is 13.7. The molecule has 0 aliphatic heterocycles. The van der Waals surface area contributed by atoms with E-state index in [1.54, 1.807) is 29.6 Å². The first kappa shape index (κ1) is 18.9. The standard InChI is InChI=1S/C18H10Cl3FN2OS/c19-12-2-1-3-15(22)11(12)5-7-17(25)24-18-23-16(9-26-18)10-4-6-13(20)14(21)8-10/h1-9H,(H,23,24,25)/b7-5+. The normalized spacial score (nSPS) is 11.1. The minimum atomic E-state index is -0.502. The smallest absolute Gasteiger partial charge is 0.250 e. The van der Waals surface area contributed by atoms with Gasteiger partial charge < -0.3 is 0 Å². The summed E-state index contributed by atoms with van der Waals surface area (Å²) in [7, 11) is 0. The first-order valence-electron chi connectivity index (χ1n) is 7.28. The quantitative estimate of drug-likeness (QED) is 0.479. The van der Waals surface area contributed by atoms with Gasteiger partial charge in [0, 0.05) is 22.6 Å². The Labute approximate surface area is 168 Å². The van der Waals surface area contributed by atoms with Crippen LogP contribution in [-0.4, -0.2) is 10.9 Å². The van der Waals surface area contributed by atoms with E-state index >= 15 is 0 Å². The third-order valence-electron chi connectivity index (χ3n) is 3.35. The summed E-state index contributed by atoms with van der Waals surface area (Å²) in [6.45, 7) is 0. The maximum absolute atomic E-state index is 13.7. The van der Waals surface area contributed by atoms with Gasteiger partial charge in [-0.2, -0.15) is 0 Å². The molecule has 1 aromatic heterocycles. The van der Waals surface area contributed by atoms with Crippen molar-refractivity contribution in [2.24, 2.45) is 0 Å². The molecule has 26 heavy (non-hydrogen) atoms. The van der Waals surface area contributed by atoms with Crippen molar-refractivity contribution in [1.82, 2.24) is 4.98 Å². The fourth-order valence-electron chi connectivity index (χ4n) is 2.10. The average molecular weight is 428 g/mol. The van der Waals surface area contributed by atoms with Crippen molar-refractivity contribution in [2.75, 3.05) is 5.32 Å². The zero-order valence-electron chi connectivity index (χ0n) is 13.0. The predicted molar refractivity (Wildman–Crippen MR) is 107 cm³/mol. The van der Waals surface area contributed by atoms with Gasteiger partial charge in [0.2, 0.25) is 5.91 Å². The second-order valence-corrected chi connectivity index (χ2v) is 7.20. The summed E-state index contributed by atoms with van der Waals surface area (Å²) in [5.74, 6) is -0.947. The molecule has 0 aliphatic carbocycles. The van der Waals surface area contributed by atoms with E-state index in [0.29, 0.717) is 20.9 Å². The summed E-state index contributed by atoms with van der Waals surface area (Å²) in [4.78, 5) is 16.3. The third kappa shape index (κ3) is 4.43. The van der Waals surface area contributed by atoms with E-state index in [-0.39, 0.29) is 10.6 Å². The topological polar surface area (TPSA) is 42.0 Å². The lowest BCUT2D eigenvalue weighted by Crippen LogP contribution is -2.07. The van der Waals surface area contributed by atoms with Gasteiger partial charge in [0.25, 0.3) is 0 Å². The van der Waals surface area contributed by atoms with E-state index in [0.717, 1.165) is 5.56 Å². The minimum absolute atomic E-state index is 0.153. The second kappa shape index (κ2) is 8.18. The Morgan fingerprint density at radius 2 is 1.92 bits per heavy atom. The van der Waals surface area contributed by atoms with Crippen LogP contribution in [0.3, 0.4) is 0 Å². The number of anilines is 1. The molecule has 0 aliphatic rings. The van der Waals surface area contributed by atoms with Crippen LogP contribution in [0.2, 0.25) is 15.1 Å². The number of aromatic nitrogens is 1. The van der Waals surface area contributed by atoms with E-state index in [9.17, 15) is 9.18 Å². The van der Waals surface area contributed by atoms with Crippen molar-refractivity contribution in [3.8, 4) is 11.3 Å². The zero-order chi connectivity index (χ0) is 18.7. The Kier molecular flexibility index (Phi) is 5.94. The SMILES string of the molecule is O=C(/C=C/c1c(F)cccc1Cl)Nc1nc(-c2ccc(Cl)c(Cl)c2)cs1. The highest BCUT2D eigenvalue weighted by Gasteiger charge is 2.09. The molecule has 0 radical (unpaired) electrons. The van der Waals surface area contributed by atoms with Crippen LogP contribution in [0.1, 0.15) is 5.56 Å². The molecule has 0 unspecified atom stereocenters. The lowest BCUT2D eigenvalue weighted by molar-refractivity contribution is -0.111. The number of nitrogens with one attached hydrogen (secondary N) is 1. The van der Waals surface area contributed by atoms with Crippen molar-refractivity contribution >= 4 is 63.3 Å². The lowest BCUT2D eigenvalue weighted by atomic mass is 10.2. The van der Waals surface area contributed by atoms with E-state index in [2.05, 4.69) is 10.3 Å². The fourth-order valence-corrected chi connectivity index (χ4v) is 3.34. The second-order valence-electron chi connectivity index (χ2n) is 5.12. The van der Waals surface area contributed by atoms with Crippen molar-refractivity contribution in [2.45, 2.75) is 0 Å². The van der Waals surface area contributed by atoms with Crippen LogP contribution in [0, 0.1) is 5.82 Å². The maximum atomic E-state index is 13.7. The van der Waals surface area contributed by atoms with Crippen molar-refractivity contribution in [3.63, 3.8) is 0 Å². The molecule has 0 spiro atoms. The van der Waals surface area contributed by atoms with E-state index in [1.807, 2.05) is 0 Å². The molecule has 0 fully saturated rings. The maximum Gasteiger partial charge on any atom is 0.250 e. The van der Waals surface area contributed by atoms with E-state index in [1.165, 1.54) is 35.6 Å². The van der Waals surface area contributed by atoms with Crippen LogP contribution < -0.4 is 5.32 Å². The Balaban J connectivity index is 1.71. The van der Waals surface area contributed by atoms with Gasteiger partial charge in [-0.3, -0.25) is 10.1 Å². The number of halogens is 4. The molecular formula is C18H10Cl3FN2OS. The molecule has 3 rings (SSSR count). The largest absolute Gasteiger partial charge is 0.298 e. The monoisotopic (exact) mass is 426 g/mol. The zero-order valence-corrected chi connectivity index (χ0v) is 16.1.